The summed E-state index contributed by atoms with van der Waals surface area (Å²) >= 11 is 0. The van der Waals surface area contributed by atoms with Gasteiger partial charge in [-0.2, -0.15) is 71.8 Å². The third-order valence-electron chi connectivity index (χ3n) is 5.20. The van der Waals surface area contributed by atoms with Crippen LogP contribution in [0.2, 0.25) is 0 Å². The molecule has 0 atom stereocenters. The third kappa shape index (κ3) is 17.8. The van der Waals surface area contributed by atoms with Gasteiger partial charge in [-0.25, -0.2) is 24.3 Å². The molecule has 0 aliphatic heterocycles. The van der Waals surface area contributed by atoms with E-state index in [-0.39, 0.29) is 21.7 Å². The number of benzene rings is 2. The number of hydrogen-bond donors (Lipinski definition) is 0. The standard InChI is InChI=1S/C10H15.C9H13.2C7H7O.Ti/c1-2-3-4-7-10-8-5-6-9-10;1-2-3-6-9-7-4-5-8-9;2*1-8-7-5-3-2-4-6-7;/h5-6,8-9H,2-4,7H2,1H3;4-5,7-8H,2-3,6H2,1H3;2*3-6H,1H3;/q4*-1;+4. The smallest absolute Gasteiger partial charge is 0.522 e. The van der Waals surface area contributed by atoms with Gasteiger partial charge in [0.2, 0.25) is 0 Å². The fourth-order valence-corrected chi connectivity index (χ4v) is 3.14. The predicted molar refractivity (Wildman–Crippen MR) is 150 cm³/mol. The molecule has 2 nitrogen and oxygen atoms in total. The SMILES string of the molecule is CCCCC[c-]1cccc1.CCCC[c-]1cccc1.COc1cc[c-]cc1.COc1cc[c-]cc1.[Ti+4]. The fourth-order valence-electron chi connectivity index (χ4n) is 3.14. The fraction of sp³-hybridized carbons (Fsp3) is 0.333. The monoisotopic (exact) mass is 518 g/mol. The summed E-state index contributed by atoms with van der Waals surface area (Å²) in [6.45, 7) is 4.47. The second kappa shape index (κ2) is 24.2. The molecule has 0 fully saturated rings. The van der Waals surface area contributed by atoms with Gasteiger partial charge in [0.15, 0.2) is 0 Å². The number of ether oxygens (including phenoxy) is 2. The summed E-state index contributed by atoms with van der Waals surface area (Å²) in [7, 11) is 3.30. The van der Waals surface area contributed by atoms with Gasteiger partial charge >= 0.3 is 21.7 Å². The second-order valence-electron chi connectivity index (χ2n) is 8.03. The van der Waals surface area contributed by atoms with Crippen molar-refractivity contribution in [3.05, 3.63) is 120 Å². The van der Waals surface area contributed by atoms with Crippen LogP contribution >= 0.6 is 0 Å². The van der Waals surface area contributed by atoms with E-state index in [1.807, 2.05) is 48.5 Å². The van der Waals surface area contributed by atoms with Crippen LogP contribution in [0.5, 0.6) is 11.5 Å². The Balaban J connectivity index is 0.000000451. The maximum atomic E-state index is 4.89. The van der Waals surface area contributed by atoms with Crippen molar-refractivity contribution in [2.75, 3.05) is 14.2 Å². The number of aryl methyl sites for hydroxylation is 2. The van der Waals surface area contributed by atoms with E-state index < -0.39 is 0 Å². The van der Waals surface area contributed by atoms with Gasteiger partial charge in [0.25, 0.3) is 0 Å². The zero-order valence-corrected chi connectivity index (χ0v) is 24.1. The molecule has 3 heteroatoms. The maximum absolute atomic E-state index is 4.89. The predicted octanol–water partition coefficient (Wildman–Crippen LogP) is 8.87. The number of methoxy groups -OCH3 is 2. The van der Waals surface area contributed by atoms with E-state index in [1.54, 1.807) is 14.2 Å². The second-order valence-corrected chi connectivity index (χ2v) is 8.03. The Labute approximate surface area is 235 Å². The molecule has 0 radical (unpaired) electrons. The van der Waals surface area contributed by atoms with Crippen LogP contribution in [-0.2, 0) is 34.6 Å². The number of unbranched alkanes of at least 4 members (excludes halogenated alkanes) is 3. The minimum Gasteiger partial charge on any atom is -0.522 e. The van der Waals surface area contributed by atoms with Gasteiger partial charge < -0.3 is 9.47 Å². The average Bonchev–Trinajstić information content (AvgIpc) is 3.64. The molecular formula is C33H42O2Ti. The van der Waals surface area contributed by atoms with Gasteiger partial charge in [-0.1, -0.05) is 58.8 Å². The van der Waals surface area contributed by atoms with Gasteiger partial charge in [-0.3, -0.25) is 0 Å². The number of rotatable bonds is 9. The van der Waals surface area contributed by atoms with Crippen molar-refractivity contribution in [3.8, 4) is 11.5 Å². The van der Waals surface area contributed by atoms with Gasteiger partial charge in [0.05, 0.1) is 14.2 Å². The van der Waals surface area contributed by atoms with E-state index in [0.29, 0.717) is 0 Å². The molecule has 0 aromatic heterocycles. The van der Waals surface area contributed by atoms with Crippen LogP contribution in [-0.4, -0.2) is 14.2 Å². The van der Waals surface area contributed by atoms with E-state index in [1.165, 1.54) is 56.1 Å². The van der Waals surface area contributed by atoms with E-state index in [2.05, 4.69) is 74.5 Å². The van der Waals surface area contributed by atoms with Crippen molar-refractivity contribution in [1.29, 1.82) is 0 Å². The van der Waals surface area contributed by atoms with Crippen LogP contribution in [0.25, 0.3) is 0 Å². The first-order chi connectivity index (χ1) is 17.2. The minimum atomic E-state index is 0. The van der Waals surface area contributed by atoms with E-state index in [9.17, 15) is 0 Å². The van der Waals surface area contributed by atoms with Gasteiger partial charge in [0, 0.05) is 11.5 Å². The summed E-state index contributed by atoms with van der Waals surface area (Å²) in [4.78, 5) is 0. The quantitative estimate of drug-likeness (QED) is 0.125. The van der Waals surface area contributed by atoms with E-state index in [4.69, 9.17) is 9.47 Å². The molecule has 4 rings (SSSR count). The van der Waals surface area contributed by atoms with Crippen molar-refractivity contribution >= 4 is 0 Å². The Kier molecular flexibility index (Phi) is 22.5. The van der Waals surface area contributed by atoms with Crippen LogP contribution in [0.4, 0.5) is 0 Å². The molecule has 0 amide bonds. The van der Waals surface area contributed by atoms with Gasteiger partial charge in [0.1, 0.15) is 0 Å². The van der Waals surface area contributed by atoms with E-state index >= 15 is 0 Å². The van der Waals surface area contributed by atoms with Gasteiger partial charge in [-0.05, 0) is 0 Å². The van der Waals surface area contributed by atoms with Crippen LogP contribution < -0.4 is 9.47 Å². The molecule has 0 bridgehead atoms. The molecule has 4 aromatic rings. The summed E-state index contributed by atoms with van der Waals surface area (Å²) in [5.41, 5.74) is 2.98. The molecule has 0 saturated carbocycles. The Hall–Kier alpha value is -2.55. The summed E-state index contributed by atoms with van der Waals surface area (Å²) in [5, 5.41) is 0. The molecule has 190 valence electrons. The molecule has 0 spiro atoms. The van der Waals surface area contributed by atoms with Crippen molar-refractivity contribution in [3.63, 3.8) is 0 Å². The van der Waals surface area contributed by atoms with Crippen LogP contribution in [0.1, 0.15) is 57.1 Å². The first-order valence-corrected chi connectivity index (χ1v) is 12.6. The molecule has 0 unspecified atom stereocenters. The summed E-state index contributed by atoms with van der Waals surface area (Å²) in [6, 6.07) is 37.7. The Morgan fingerprint density at radius 1 is 0.583 bits per heavy atom. The molecule has 0 heterocycles. The molecule has 0 aliphatic carbocycles. The van der Waals surface area contributed by atoms with Crippen molar-refractivity contribution in [2.45, 2.75) is 58.8 Å². The number of hydrogen-bond acceptors (Lipinski definition) is 2. The van der Waals surface area contributed by atoms with Crippen LogP contribution in [0, 0.1) is 12.1 Å². The Morgan fingerprint density at radius 2 is 0.944 bits per heavy atom. The maximum Gasteiger partial charge on any atom is 4.00 e. The zero-order valence-electron chi connectivity index (χ0n) is 22.5. The summed E-state index contributed by atoms with van der Waals surface area (Å²) in [6.07, 6.45) is 9.17. The average molecular weight is 519 g/mol. The molecular weight excluding hydrogens is 476 g/mol. The summed E-state index contributed by atoms with van der Waals surface area (Å²) in [5.74, 6) is 1.76. The topological polar surface area (TPSA) is 18.5 Å². The first-order valence-electron chi connectivity index (χ1n) is 12.6. The van der Waals surface area contributed by atoms with Crippen LogP contribution in [0.3, 0.4) is 0 Å². The van der Waals surface area contributed by atoms with Crippen LogP contribution in [0.15, 0.2) is 97.1 Å². The third-order valence-corrected chi connectivity index (χ3v) is 5.20. The van der Waals surface area contributed by atoms with Crippen molar-refractivity contribution in [1.82, 2.24) is 0 Å². The molecule has 0 saturated heterocycles. The first kappa shape index (κ1) is 33.5. The molecule has 36 heavy (non-hydrogen) atoms. The van der Waals surface area contributed by atoms with Crippen molar-refractivity contribution in [2.24, 2.45) is 0 Å². The zero-order chi connectivity index (χ0) is 25.4. The van der Waals surface area contributed by atoms with E-state index in [0.717, 1.165) is 11.5 Å². The molecule has 0 aliphatic rings. The minimum absolute atomic E-state index is 0. The Morgan fingerprint density at radius 3 is 1.25 bits per heavy atom. The summed E-state index contributed by atoms with van der Waals surface area (Å²) < 4.78 is 9.79. The normalized spacial score (nSPS) is 9.11. The van der Waals surface area contributed by atoms with Gasteiger partial charge in [-0.15, -0.1) is 24.3 Å². The molecule has 0 N–H and O–H groups in total. The Bertz CT molecular complexity index is 862. The molecule has 4 aromatic carbocycles. The largest absolute Gasteiger partial charge is 4.00 e. The van der Waals surface area contributed by atoms with Crippen molar-refractivity contribution < 1.29 is 31.2 Å².